The zero-order valence-corrected chi connectivity index (χ0v) is 19.1. The third-order valence-electron chi connectivity index (χ3n) is 4.78. The Balaban J connectivity index is 2.00. The number of nitrogens with one attached hydrogen (secondary N) is 1. The highest BCUT2D eigenvalue weighted by atomic mass is 32.2. The van der Waals surface area contributed by atoms with Crippen molar-refractivity contribution in [1.29, 1.82) is 0 Å². The number of non-ortho nitro benzene ring substituents is 1. The van der Waals surface area contributed by atoms with Gasteiger partial charge in [-0.1, -0.05) is 24.3 Å². The fourth-order valence-corrected chi connectivity index (χ4v) is 4.78. The predicted octanol–water partition coefficient (Wildman–Crippen LogP) is 4.05. The molecule has 3 aromatic rings. The molecule has 0 bridgehead atoms. The second kappa shape index (κ2) is 9.70. The first-order valence-corrected chi connectivity index (χ1v) is 11.3. The zero-order valence-electron chi connectivity index (χ0n) is 18.3. The summed E-state index contributed by atoms with van der Waals surface area (Å²) in [7, 11) is -2.72. The average molecular weight is 470 g/mol. The molecule has 0 heterocycles. The van der Waals surface area contributed by atoms with Gasteiger partial charge in [0.15, 0.2) is 0 Å². The maximum atomic E-state index is 13.4. The summed E-state index contributed by atoms with van der Waals surface area (Å²) in [5, 5.41) is 13.7. The van der Waals surface area contributed by atoms with E-state index in [0.717, 1.165) is 21.5 Å². The topological polar surface area (TPSA) is 119 Å². The number of nitro groups is 1. The third kappa shape index (κ3) is 5.47. The number of carbonyl (C=O) groups excluding carboxylic acids is 1. The van der Waals surface area contributed by atoms with Crippen LogP contribution in [-0.2, 0) is 14.8 Å². The molecule has 0 aliphatic rings. The van der Waals surface area contributed by atoms with Gasteiger partial charge in [-0.05, 0) is 55.3 Å². The highest BCUT2D eigenvalue weighted by Gasteiger charge is 2.28. The second-order valence-electron chi connectivity index (χ2n) is 7.36. The summed E-state index contributed by atoms with van der Waals surface area (Å²) in [5.74, 6) is -0.481. The lowest BCUT2D eigenvalue weighted by Gasteiger charge is -2.25. The number of aryl methyl sites for hydroxylation is 2. The lowest BCUT2D eigenvalue weighted by molar-refractivity contribution is -0.384. The van der Waals surface area contributed by atoms with E-state index in [1.54, 1.807) is 30.3 Å². The predicted molar refractivity (Wildman–Crippen MR) is 125 cm³/mol. The normalized spacial score (nSPS) is 11.0. The third-order valence-corrected chi connectivity index (χ3v) is 6.57. The molecule has 3 aromatic carbocycles. The molecule has 9 nitrogen and oxygen atoms in total. The number of nitro benzene ring substituents is 1. The first kappa shape index (κ1) is 23.7. The molecular weight excluding hydrogens is 446 g/mol. The molecule has 0 saturated carbocycles. The van der Waals surface area contributed by atoms with Crippen LogP contribution in [-0.4, -0.2) is 32.9 Å². The Kier molecular flexibility index (Phi) is 6.98. The fraction of sp³-hybridized carbons (Fsp3) is 0.174. The molecule has 1 N–H and O–H groups in total. The molecule has 172 valence electrons. The van der Waals surface area contributed by atoms with Gasteiger partial charge in [0.2, 0.25) is 5.91 Å². The summed E-state index contributed by atoms with van der Waals surface area (Å²) >= 11 is 0. The van der Waals surface area contributed by atoms with Crippen LogP contribution >= 0.6 is 0 Å². The van der Waals surface area contributed by atoms with E-state index in [0.29, 0.717) is 5.69 Å². The van der Waals surface area contributed by atoms with Gasteiger partial charge in [0.1, 0.15) is 12.3 Å². The molecule has 0 fully saturated rings. The summed E-state index contributed by atoms with van der Waals surface area (Å²) in [4.78, 5) is 23.5. The van der Waals surface area contributed by atoms with Crippen LogP contribution in [0.1, 0.15) is 11.1 Å². The van der Waals surface area contributed by atoms with Gasteiger partial charge in [-0.3, -0.25) is 19.2 Å². The van der Waals surface area contributed by atoms with Crippen molar-refractivity contribution in [2.45, 2.75) is 18.7 Å². The molecule has 0 saturated heterocycles. The number of hydrogen-bond donors (Lipinski definition) is 1. The molecule has 0 spiro atoms. The van der Waals surface area contributed by atoms with Crippen molar-refractivity contribution in [3.63, 3.8) is 0 Å². The molecule has 0 radical (unpaired) electrons. The van der Waals surface area contributed by atoms with Crippen molar-refractivity contribution in [2.24, 2.45) is 0 Å². The van der Waals surface area contributed by atoms with Crippen LogP contribution in [0.5, 0.6) is 5.75 Å². The summed E-state index contributed by atoms with van der Waals surface area (Å²) < 4.78 is 33.1. The van der Waals surface area contributed by atoms with Crippen LogP contribution in [0, 0.1) is 24.0 Å². The largest absolute Gasteiger partial charge is 0.495 e. The molecule has 0 unspecified atom stereocenters. The summed E-state index contributed by atoms with van der Waals surface area (Å²) in [5.41, 5.74) is 1.82. The Morgan fingerprint density at radius 2 is 1.67 bits per heavy atom. The molecule has 0 aliphatic heterocycles. The van der Waals surface area contributed by atoms with Gasteiger partial charge < -0.3 is 10.1 Å². The number of ether oxygens (including phenoxy) is 1. The zero-order chi connectivity index (χ0) is 24.2. The number of benzene rings is 3. The van der Waals surface area contributed by atoms with E-state index >= 15 is 0 Å². The van der Waals surface area contributed by atoms with Crippen LogP contribution in [0.2, 0.25) is 0 Å². The lowest BCUT2D eigenvalue weighted by Crippen LogP contribution is -2.38. The first-order chi connectivity index (χ1) is 15.6. The summed E-state index contributed by atoms with van der Waals surface area (Å²) in [6, 6.07) is 16.8. The van der Waals surface area contributed by atoms with Gasteiger partial charge in [-0.2, -0.15) is 0 Å². The number of carbonyl (C=O) groups is 1. The number of methoxy groups -OCH3 is 1. The lowest BCUT2D eigenvalue weighted by atomic mass is 10.1. The van der Waals surface area contributed by atoms with Crippen molar-refractivity contribution in [2.75, 3.05) is 23.3 Å². The van der Waals surface area contributed by atoms with Gasteiger partial charge >= 0.3 is 0 Å². The number of sulfonamides is 1. The van der Waals surface area contributed by atoms with Crippen LogP contribution in [0.15, 0.2) is 71.6 Å². The van der Waals surface area contributed by atoms with Crippen molar-refractivity contribution in [3.05, 3.63) is 88.0 Å². The standard InChI is InChI=1S/C23H23N3O6S/c1-16-11-17(2)13-19(12-16)25(33(30,31)20-7-5-4-6-8-20)15-23(27)24-21-14-18(26(28)29)9-10-22(21)32-3/h4-14H,15H2,1-3H3,(H,24,27). The number of rotatable bonds is 8. The number of hydrogen-bond acceptors (Lipinski definition) is 6. The molecule has 3 rings (SSSR count). The Labute approximate surface area is 191 Å². The molecular formula is C23H23N3O6S. The molecule has 1 amide bonds. The maximum absolute atomic E-state index is 13.4. The van der Waals surface area contributed by atoms with Crippen molar-refractivity contribution >= 4 is 33.0 Å². The fourth-order valence-electron chi connectivity index (χ4n) is 3.36. The average Bonchev–Trinajstić information content (AvgIpc) is 2.77. The van der Waals surface area contributed by atoms with E-state index in [-0.39, 0.29) is 22.0 Å². The number of nitrogens with zero attached hydrogens (tertiary/aromatic N) is 2. The van der Waals surface area contributed by atoms with Crippen LogP contribution < -0.4 is 14.4 Å². The van der Waals surface area contributed by atoms with Crippen molar-refractivity contribution in [1.82, 2.24) is 0 Å². The number of amides is 1. The summed E-state index contributed by atoms with van der Waals surface area (Å²) in [6.45, 7) is 3.11. The van der Waals surface area contributed by atoms with E-state index < -0.39 is 27.4 Å². The smallest absolute Gasteiger partial charge is 0.271 e. The van der Waals surface area contributed by atoms with Gasteiger partial charge in [0.05, 0.1) is 28.3 Å². The maximum Gasteiger partial charge on any atom is 0.271 e. The Morgan fingerprint density at radius 3 is 2.24 bits per heavy atom. The Morgan fingerprint density at radius 1 is 1.03 bits per heavy atom. The Bertz CT molecular complexity index is 1270. The SMILES string of the molecule is COc1ccc([N+](=O)[O-])cc1NC(=O)CN(c1cc(C)cc(C)c1)S(=O)(=O)c1ccccc1. The van der Waals surface area contributed by atoms with Crippen molar-refractivity contribution < 1.29 is 22.9 Å². The number of anilines is 2. The van der Waals surface area contributed by atoms with E-state index in [9.17, 15) is 23.3 Å². The van der Waals surface area contributed by atoms with E-state index in [1.165, 1.54) is 31.4 Å². The summed E-state index contributed by atoms with van der Waals surface area (Å²) in [6.07, 6.45) is 0. The molecule has 0 atom stereocenters. The van der Waals surface area contributed by atoms with E-state index in [4.69, 9.17) is 4.74 Å². The minimum atomic E-state index is -4.08. The molecule has 0 aromatic heterocycles. The van der Waals surface area contributed by atoms with Gasteiger partial charge in [-0.25, -0.2) is 8.42 Å². The van der Waals surface area contributed by atoms with Crippen molar-refractivity contribution in [3.8, 4) is 5.75 Å². The highest BCUT2D eigenvalue weighted by molar-refractivity contribution is 7.92. The monoisotopic (exact) mass is 469 g/mol. The minimum absolute atomic E-state index is 0.0323. The van der Waals surface area contributed by atoms with Gasteiger partial charge in [-0.15, -0.1) is 0 Å². The van der Waals surface area contributed by atoms with E-state index in [1.807, 2.05) is 19.9 Å². The van der Waals surface area contributed by atoms with Crippen LogP contribution in [0.4, 0.5) is 17.1 Å². The Hall–Kier alpha value is -3.92. The molecule has 0 aliphatic carbocycles. The molecule has 10 heteroatoms. The van der Waals surface area contributed by atoms with Crippen LogP contribution in [0.25, 0.3) is 0 Å². The minimum Gasteiger partial charge on any atom is -0.495 e. The highest BCUT2D eigenvalue weighted by Crippen LogP contribution is 2.30. The quantitative estimate of drug-likeness (QED) is 0.393. The van der Waals surface area contributed by atoms with E-state index in [2.05, 4.69) is 5.32 Å². The second-order valence-corrected chi connectivity index (χ2v) is 9.22. The van der Waals surface area contributed by atoms with Gasteiger partial charge in [0.25, 0.3) is 15.7 Å². The molecule has 33 heavy (non-hydrogen) atoms. The first-order valence-electron chi connectivity index (χ1n) is 9.90. The van der Waals surface area contributed by atoms with Crippen LogP contribution in [0.3, 0.4) is 0 Å². The van der Waals surface area contributed by atoms with Gasteiger partial charge in [0, 0.05) is 12.1 Å².